The molecule has 0 radical (unpaired) electrons. The first kappa shape index (κ1) is 11.7. The number of aliphatic hydroxyl groups is 1. The van der Waals surface area contributed by atoms with Gasteiger partial charge >= 0.3 is 0 Å². The summed E-state index contributed by atoms with van der Waals surface area (Å²) in [5, 5.41) is 13.3. The van der Waals surface area contributed by atoms with Gasteiger partial charge in [0.05, 0.1) is 5.60 Å². The molecule has 0 saturated heterocycles. The molecule has 18 heavy (non-hydrogen) atoms. The molecule has 0 spiro atoms. The maximum absolute atomic E-state index is 11.0. The molecule has 1 fully saturated rings. The topological polar surface area (TPSA) is 33.1 Å². The number of aromatic nitrogens is 1. The third kappa shape index (κ3) is 2.01. The van der Waals surface area contributed by atoms with Crippen LogP contribution >= 0.6 is 0 Å². The first-order chi connectivity index (χ1) is 8.80. The lowest BCUT2D eigenvalue weighted by Gasteiger charge is -2.28. The molecule has 0 unspecified atom stereocenters. The standard InChI is InChI=1S/C16H19NO/c18-16(9-3-1-2-4-10-16)15-7-5-6-13-12-17-11-8-14(13)15/h5-8,11-12,18H,1-4,9-10H2. The van der Waals surface area contributed by atoms with Crippen LogP contribution in [0.15, 0.2) is 36.7 Å². The van der Waals surface area contributed by atoms with Crippen molar-refractivity contribution >= 4 is 10.8 Å². The van der Waals surface area contributed by atoms with Crippen LogP contribution in [-0.4, -0.2) is 10.1 Å². The SMILES string of the molecule is OC1(c2cccc3cnccc23)CCCCCC1. The van der Waals surface area contributed by atoms with Crippen molar-refractivity contribution in [2.75, 3.05) is 0 Å². The van der Waals surface area contributed by atoms with Gasteiger partial charge in [0.25, 0.3) is 0 Å². The Balaban J connectivity index is 2.12. The smallest absolute Gasteiger partial charge is 0.0902 e. The predicted molar refractivity (Wildman–Crippen MR) is 73.3 cm³/mol. The number of rotatable bonds is 1. The normalized spacial score (nSPS) is 19.6. The summed E-state index contributed by atoms with van der Waals surface area (Å²) in [6.45, 7) is 0. The van der Waals surface area contributed by atoms with Crippen LogP contribution in [0.1, 0.15) is 44.1 Å². The van der Waals surface area contributed by atoms with Gasteiger partial charge in [-0.25, -0.2) is 0 Å². The highest BCUT2D eigenvalue weighted by molar-refractivity contribution is 5.85. The summed E-state index contributed by atoms with van der Waals surface area (Å²) in [6, 6.07) is 8.19. The van der Waals surface area contributed by atoms with Gasteiger partial charge in [0, 0.05) is 17.8 Å². The highest BCUT2D eigenvalue weighted by Gasteiger charge is 2.31. The molecule has 0 amide bonds. The Bertz CT molecular complexity index is 536. The monoisotopic (exact) mass is 241 g/mol. The summed E-state index contributed by atoms with van der Waals surface area (Å²) < 4.78 is 0. The number of hydrogen-bond donors (Lipinski definition) is 1. The zero-order chi connectivity index (χ0) is 12.4. The second-order valence-electron chi connectivity index (χ2n) is 5.35. The van der Waals surface area contributed by atoms with Gasteiger partial charge in [-0.15, -0.1) is 0 Å². The van der Waals surface area contributed by atoms with Crippen molar-refractivity contribution in [3.05, 3.63) is 42.2 Å². The molecular formula is C16H19NO. The molecule has 1 N–H and O–H groups in total. The highest BCUT2D eigenvalue weighted by Crippen LogP contribution is 2.38. The molecule has 2 nitrogen and oxygen atoms in total. The highest BCUT2D eigenvalue weighted by atomic mass is 16.3. The number of pyridine rings is 1. The molecule has 94 valence electrons. The van der Waals surface area contributed by atoms with Gasteiger partial charge in [-0.2, -0.15) is 0 Å². The van der Waals surface area contributed by atoms with E-state index in [1.807, 2.05) is 24.5 Å². The molecular weight excluding hydrogens is 222 g/mol. The van der Waals surface area contributed by atoms with Crippen molar-refractivity contribution in [1.29, 1.82) is 0 Å². The summed E-state index contributed by atoms with van der Waals surface area (Å²) in [7, 11) is 0. The first-order valence-electron chi connectivity index (χ1n) is 6.85. The Labute approximate surface area is 108 Å². The minimum Gasteiger partial charge on any atom is -0.385 e. The van der Waals surface area contributed by atoms with Crippen LogP contribution in [0, 0.1) is 0 Å². The molecule has 1 aromatic heterocycles. The second-order valence-corrected chi connectivity index (χ2v) is 5.35. The van der Waals surface area contributed by atoms with E-state index in [2.05, 4.69) is 17.1 Å². The maximum atomic E-state index is 11.0. The fourth-order valence-electron chi connectivity index (χ4n) is 3.11. The third-order valence-corrected chi connectivity index (χ3v) is 4.11. The third-order valence-electron chi connectivity index (χ3n) is 4.11. The first-order valence-corrected chi connectivity index (χ1v) is 6.85. The average Bonchev–Trinajstić information content (AvgIpc) is 2.64. The van der Waals surface area contributed by atoms with E-state index in [0.29, 0.717) is 0 Å². The lowest BCUT2D eigenvalue weighted by atomic mass is 9.84. The largest absolute Gasteiger partial charge is 0.385 e. The van der Waals surface area contributed by atoms with Gasteiger partial charge in [0.2, 0.25) is 0 Å². The van der Waals surface area contributed by atoms with E-state index in [-0.39, 0.29) is 0 Å². The van der Waals surface area contributed by atoms with Gasteiger partial charge in [-0.1, -0.05) is 43.9 Å². The van der Waals surface area contributed by atoms with Crippen LogP contribution in [0.5, 0.6) is 0 Å². The number of benzene rings is 1. The van der Waals surface area contributed by atoms with Gasteiger partial charge in [-0.05, 0) is 29.9 Å². The molecule has 0 atom stereocenters. The van der Waals surface area contributed by atoms with Gasteiger partial charge in [-0.3, -0.25) is 4.98 Å². The fourth-order valence-corrected chi connectivity index (χ4v) is 3.11. The van der Waals surface area contributed by atoms with E-state index in [1.165, 1.54) is 12.8 Å². The van der Waals surface area contributed by atoms with Crippen LogP contribution in [0.4, 0.5) is 0 Å². The Morgan fingerprint density at radius 1 is 1.00 bits per heavy atom. The summed E-state index contributed by atoms with van der Waals surface area (Å²) in [6.07, 6.45) is 10.2. The van der Waals surface area contributed by atoms with E-state index in [9.17, 15) is 5.11 Å². The molecule has 1 heterocycles. The van der Waals surface area contributed by atoms with Gasteiger partial charge < -0.3 is 5.11 Å². The maximum Gasteiger partial charge on any atom is 0.0902 e. The van der Waals surface area contributed by atoms with Crippen LogP contribution in [-0.2, 0) is 5.60 Å². The van der Waals surface area contributed by atoms with E-state index in [4.69, 9.17) is 0 Å². The molecule has 1 saturated carbocycles. The molecule has 0 aliphatic heterocycles. The number of nitrogens with zero attached hydrogens (tertiary/aromatic N) is 1. The Hall–Kier alpha value is -1.41. The number of fused-ring (bicyclic) bond motifs is 1. The second kappa shape index (κ2) is 4.69. The van der Waals surface area contributed by atoms with Crippen LogP contribution in [0.2, 0.25) is 0 Å². The Kier molecular flexibility index (Phi) is 3.04. The van der Waals surface area contributed by atoms with E-state index >= 15 is 0 Å². The summed E-state index contributed by atoms with van der Waals surface area (Å²) in [5.41, 5.74) is 0.446. The van der Waals surface area contributed by atoms with Crippen LogP contribution in [0.3, 0.4) is 0 Å². The Morgan fingerprint density at radius 3 is 2.56 bits per heavy atom. The van der Waals surface area contributed by atoms with E-state index < -0.39 is 5.60 Å². The summed E-state index contributed by atoms with van der Waals surface area (Å²) in [5.74, 6) is 0. The summed E-state index contributed by atoms with van der Waals surface area (Å²) in [4.78, 5) is 4.16. The predicted octanol–water partition coefficient (Wildman–Crippen LogP) is 3.78. The molecule has 1 aliphatic rings. The van der Waals surface area contributed by atoms with Crippen molar-refractivity contribution < 1.29 is 5.11 Å². The van der Waals surface area contributed by atoms with Crippen LogP contribution in [0.25, 0.3) is 10.8 Å². The zero-order valence-corrected chi connectivity index (χ0v) is 10.6. The van der Waals surface area contributed by atoms with Gasteiger partial charge in [0.1, 0.15) is 0 Å². The minimum atomic E-state index is -0.642. The van der Waals surface area contributed by atoms with Crippen molar-refractivity contribution in [1.82, 2.24) is 4.98 Å². The average molecular weight is 241 g/mol. The minimum absolute atomic E-state index is 0.642. The van der Waals surface area contributed by atoms with Crippen molar-refractivity contribution in [2.24, 2.45) is 0 Å². The van der Waals surface area contributed by atoms with Crippen molar-refractivity contribution in [3.63, 3.8) is 0 Å². The van der Waals surface area contributed by atoms with Crippen LogP contribution < -0.4 is 0 Å². The van der Waals surface area contributed by atoms with Crippen molar-refractivity contribution in [2.45, 2.75) is 44.1 Å². The molecule has 2 heteroatoms. The number of hydrogen-bond acceptors (Lipinski definition) is 2. The van der Waals surface area contributed by atoms with E-state index in [1.54, 1.807) is 0 Å². The van der Waals surface area contributed by atoms with Crippen molar-refractivity contribution in [3.8, 4) is 0 Å². The van der Waals surface area contributed by atoms with Gasteiger partial charge in [0.15, 0.2) is 0 Å². The summed E-state index contributed by atoms with van der Waals surface area (Å²) >= 11 is 0. The molecule has 2 aromatic rings. The molecule has 1 aromatic carbocycles. The van der Waals surface area contributed by atoms with E-state index in [0.717, 1.165) is 42.0 Å². The quantitative estimate of drug-likeness (QED) is 0.771. The molecule has 3 rings (SSSR count). The lowest BCUT2D eigenvalue weighted by molar-refractivity contribution is 0.0222. The lowest BCUT2D eigenvalue weighted by Crippen LogP contribution is -2.24. The fraction of sp³-hybridized carbons (Fsp3) is 0.438. The molecule has 1 aliphatic carbocycles. The Morgan fingerprint density at radius 2 is 1.78 bits per heavy atom. The molecule has 0 bridgehead atoms. The zero-order valence-electron chi connectivity index (χ0n) is 10.6.